The van der Waals surface area contributed by atoms with Crippen molar-refractivity contribution in [1.29, 1.82) is 0 Å². The molecule has 0 aliphatic heterocycles. The number of nitrogens with one attached hydrogen (secondary N) is 2. The number of aromatic nitrogens is 3. The van der Waals surface area contributed by atoms with Crippen LogP contribution < -0.4 is 10.1 Å². The first kappa shape index (κ1) is 17.6. The quantitative estimate of drug-likeness (QED) is 0.644. The average Bonchev–Trinajstić information content (AvgIpc) is 3.01. The molecule has 0 unspecified atom stereocenters. The number of halogens is 1. The van der Waals surface area contributed by atoms with E-state index in [2.05, 4.69) is 20.3 Å². The van der Waals surface area contributed by atoms with E-state index in [9.17, 15) is 4.79 Å². The van der Waals surface area contributed by atoms with Crippen molar-refractivity contribution >= 4 is 40.4 Å². The molecule has 2 N–H and O–H groups in total. The highest BCUT2D eigenvalue weighted by atomic mass is 35.5. The molecule has 6 nitrogen and oxygen atoms in total. The molecule has 0 spiro atoms. The number of nitrogens with zero attached hydrogens (tertiary/aromatic N) is 2. The molecule has 0 saturated carbocycles. The van der Waals surface area contributed by atoms with Crippen LogP contribution in [0.15, 0.2) is 41.7 Å². The van der Waals surface area contributed by atoms with Gasteiger partial charge < -0.3 is 15.0 Å². The number of hydrogen-bond acceptors (Lipinski definition) is 5. The highest BCUT2D eigenvalue weighted by Gasteiger charge is 2.16. The number of ether oxygens (including phenoxy) is 1. The second kappa shape index (κ2) is 7.76. The number of imidazole rings is 1. The Bertz CT molecular complexity index is 882. The van der Waals surface area contributed by atoms with Crippen molar-refractivity contribution in [3.63, 3.8) is 0 Å². The Hall–Kier alpha value is -2.25. The number of benzene rings is 1. The molecule has 1 aromatic carbocycles. The summed E-state index contributed by atoms with van der Waals surface area (Å²) >= 11 is 7.26. The zero-order valence-electron chi connectivity index (χ0n) is 13.7. The number of pyridine rings is 1. The van der Waals surface area contributed by atoms with E-state index in [1.165, 1.54) is 11.8 Å². The first-order valence-electron chi connectivity index (χ1n) is 7.63. The van der Waals surface area contributed by atoms with Crippen LogP contribution in [0, 0.1) is 0 Å². The van der Waals surface area contributed by atoms with Gasteiger partial charge in [-0.25, -0.2) is 9.97 Å². The molecule has 0 radical (unpaired) electrons. The molecule has 2 aromatic heterocycles. The number of hydrogen-bond donors (Lipinski definition) is 2. The fraction of sp³-hybridized carbons (Fsp3) is 0.235. The Kier molecular flexibility index (Phi) is 5.45. The molecule has 130 valence electrons. The number of carbonyl (C=O) groups excluding carboxylic acids is 1. The van der Waals surface area contributed by atoms with Gasteiger partial charge in [0.25, 0.3) is 0 Å². The van der Waals surface area contributed by atoms with Crippen LogP contribution in [0.5, 0.6) is 5.75 Å². The van der Waals surface area contributed by atoms with E-state index in [-0.39, 0.29) is 11.2 Å². The molecule has 1 amide bonds. The van der Waals surface area contributed by atoms with Crippen molar-refractivity contribution in [2.24, 2.45) is 0 Å². The minimum absolute atomic E-state index is 0.0627. The third kappa shape index (κ3) is 4.43. The number of carbonyl (C=O) groups is 1. The van der Waals surface area contributed by atoms with Crippen LogP contribution in [0.25, 0.3) is 11.2 Å². The first-order chi connectivity index (χ1) is 12.0. The van der Waals surface area contributed by atoms with Crippen molar-refractivity contribution in [3.05, 3.63) is 47.1 Å². The van der Waals surface area contributed by atoms with Crippen molar-refractivity contribution in [2.45, 2.75) is 23.9 Å². The lowest BCUT2D eigenvalue weighted by Gasteiger charge is -2.10. The van der Waals surface area contributed by atoms with E-state index in [1.807, 2.05) is 31.2 Å². The van der Waals surface area contributed by atoms with Crippen LogP contribution in [0.2, 0.25) is 5.02 Å². The van der Waals surface area contributed by atoms with Gasteiger partial charge in [-0.05, 0) is 30.7 Å². The minimum atomic E-state index is -0.297. The largest absolute Gasteiger partial charge is 0.497 e. The standard InChI is InChI=1S/C17H17ClN4O2S/c1-10(16(23)20-8-11-3-5-13(24-2)6-4-11)25-17-21-14-7-12(18)9-19-15(14)22-17/h3-7,9-10H,8H2,1-2H3,(H,20,23)(H,19,21,22)/t10-/m0/s1. The van der Waals surface area contributed by atoms with Crippen LogP contribution in [0.3, 0.4) is 0 Å². The normalized spacial score (nSPS) is 12.1. The fourth-order valence-electron chi connectivity index (χ4n) is 2.21. The van der Waals surface area contributed by atoms with Gasteiger partial charge in [0.1, 0.15) is 5.75 Å². The summed E-state index contributed by atoms with van der Waals surface area (Å²) in [6, 6.07) is 9.34. The summed E-state index contributed by atoms with van der Waals surface area (Å²) < 4.78 is 5.12. The van der Waals surface area contributed by atoms with Crippen LogP contribution in [-0.2, 0) is 11.3 Å². The van der Waals surface area contributed by atoms with Gasteiger partial charge in [-0.2, -0.15) is 0 Å². The Morgan fingerprint density at radius 3 is 2.88 bits per heavy atom. The van der Waals surface area contributed by atoms with Crippen molar-refractivity contribution in [3.8, 4) is 5.75 Å². The highest BCUT2D eigenvalue weighted by Crippen LogP contribution is 2.24. The van der Waals surface area contributed by atoms with Gasteiger partial charge in [0, 0.05) is 12.7 Å². The summed E-state index contributed by atoms with van der Waals surface area (Å²) in [5, 5.41) is 3.80. The SMILES string of the molecule is COc1ccc(CNC(=O)[C@H](C)Sc2nc3ncc(Cl)cc3[nH]2)cc1. The van der Waals surface area contributed by atoms with E-state index in [0.29, 0.717) is 22.4 Å². The fourth-order valence-corrected chi connectivity index (χ4v) is 3.20. The molecule has 8 heteroatoms. The molecule has 3 aromatic rings. The summed E-state index contributed by atoms with van der Waals surface area (Å²) in [5.41, 5.74) is 2.34. The summed E-state index contributed by atoms with van der Waals surface area (Å²) in [6.07, 6.45) is 1.55. The zero-order valence-corrected chi connectivity index (χ0v) is 15.3. The van der Waals surface area contributed by atoms with Crippen molar-refractivity contribution < 1.29 is 9.53 Å². The van der Waals surface area contributed by atoms with Gasteiger partial charge in [0.05, 0.1) is 22.9 Å². The number of thioether (sulfide) groups is 1. The van der Waals surface area contributed by atoms with E-state index in [1.54, 1.807) is 19.4 Å². The van der Waals surface area contributed by atoms with Gasteiger partial charge in [-0.3, -0.25) is 4.79 Å². The maximum absolute atomic E-state index is 12.3. The van der Waals surface area contributed by atoms with Crippen LogP contribution in [-0.4, -0.2) is 33.2 Å². The van der Waals surface area contributed by atoms with Crippen LogP contribution >= 0.6 is 23.4 Å². The van der Waals surface area contributed by atoms with Crippen molar-refractivity contribution in [2.75, 3.05) is 7.11 Å². The minimum Gasteiger partial charge on any atom is -0.497 e. The van der Waals surface area contributed by atoms with Gasteiger partial charge in [-0.15, -0.1) is 0 Å². The zero-order chi connectivity index (χ0) is 17.8. The molecule has 25 heavy (non-hydrogen) atoms. The predicted octanol–water partition coefficient (Wildman–Crippen LogP) is 3.42. The molecular weight excluding hydrogens is 360 g/mol. The lowest BCUT2D eigenvalue weighted by Crippen LogP contribution is -2.30. The Morgan fingerprint density at radius 1 is 1.40 bits per heavy atom. The number of rotatable bonds is 6. The third-order valence-electron chi connectivity index (χ3n) is 3.57. The summed E-state index contributed by atoms with van der Waals surface area (Å²) in [6.45, 7) is 2.30. The maximum atomic E-state index is 12.3. The first-order valence-corrected chi connectivity index (χ1v) is 8.89. The van der Waals surface area contributed by atoms with E-state index < -0.39 is 0 Å². The molecule has 0 aliphatic carbocycles. The number of amides is 1. The average molecular weight is 377 g/mol. The van der Waals surface area contributed by atoms with Gasteiger partial charge in [0.2, 0.25) is 5.91 Å². The lowest BCUT2D eigenvalue weighted by atomic mass is 10.2. The summed E-state index contributed by atoms with van der Waals surface area (Å²) in [5.74, 6) is 0.727. The Morgan fingerprint density at radius 2 is 2.16 bits per heavy atom. The predicted molar refractivity (Wildman–Crippen MR) is 99.1 cm³/mol. The monoisotopic (exact) mass is 376 g/mol. The topological polar surface area (TPSA) is 79.9 Å². The Labute approximate surface area is 154 Å². The third-order valence-corrected chi connectivity index (χ3v) is 4.76. The second-order valence-electron chi connectivity index (χ2n) is 5.39. The number of H-pyrrole nitrogens is 1. The molecule has 1 atom stereocenters. The highest BCUT2D eigenvalue weighted by molar-refractivity contribution is 8.00. The summed E-state index contributed by atoms with van der Waals surface area (Å²) in [4.78, 5) is 23.9. The van der Waals surface area contributed by atoms with E-state index in [4.69, 9.17) is 16.3 Å². The number of methoxy groups -OCH3 is 1. The molecule has 0 bridgehead atoms. The molecular formula is C17H17ClN4O2S. The Balaban J connectivity index is 1.57. The van der Waals surface area contributed by atoms with Gasteiger partial charge in [-0.1, -0.05) is 35.5 Å². The molecule has 0 saturated heterocycles. The second-order valence-corrected chi connectivity index (χ2v) is 7.16. The van der Waals surface area contributed by atoms with Crippen LogP contribution in [0.1, 0.15) is 12.5 Å². The smallest absolute Gasteiger partial charge is 0.233 e. The van der Waals surface area contributed by atoms with Crippen LogP contribution in [0.4, 0.5) is 0 Å². The maximum Gasteiger partial charge on any atom is 0.233 e. The van der Waals surface area contributed by atoms with E-state index in [0.717, 1.165) is 16.8 Å². The van der Waals surface area contributed by atoms with Gasteiger partial charge in [0.15, 0.2) is 10.8 Å². The van der Waals surface area contributed by atoms with Gasteiger partial charge >= 0.3 is 0 Å². The number of aromatic amines is 1. The molecule has 2 heterocycles. The van der Waals surface area contributed by atoms with E-state index >= 15 is 0 Å². The molecule has 0 fully saturated rings. The summed E-state index contributed by atoms with van der Waals surface area (Å²) in [7, 11) is 1.62. The molecule has 0 aliphatic rings. The molecule has 3 rings (SSSR count). The van der Waals surface area contributed by atoms with Crippen molar-refractivity contribution in [1.82, 2.24) is 20.3 Å². The number of fused-ring (bicyclic) bond motifs is 1. The lowest BCUT2D eigenvalue weighted by molar-refractivity contribution is -0.120.